The second-order valence-electron chi connectivity index (χ2n) is 8.97. The summed E-state index contributed by atoms with van der Waals surface area (Å²) in [5.41, 5.74) is 1.35. The summed E-state index contributed by atoms with van der Waals surface area (Å²) in [5.74, 6) is 1.28. The van der Waals surface area contributed by atoms with Crippen LogP contribution in [0.3, 0.4) is 0 Å². The topological polar surface area (TPSA) is 20.3 Å². The van der Waals surface area contributed by atoms with Gasteiger partial charge < -0.3 is 4.90 Å². The summed E-state index contributed by atoms with van der Waals surface area (Å²) in [7, 11) is 0. The van der Waals surface area contributed by atoms with Crippen molar-refractivity contribution in [3.8, 4) is 0 Å². The fraction of sp³-hybridized carbons (Fsp3) is 0.944. The molecular weight excluding hydrogens is 326 g/mol. The molecule has 0 radical (unpaired) electrons. The first kappa shape index (κ1) is 15.8. The van der Waals surface area contributed by atoms with Crippen LogP contribution in [-0.4, -0.2) is 29.2 Å². The summed E-state index contributed by atoms with van der Waals surface area (Å²) >= 11 is 3.48. The standard InChI is InChI=1S/C18H30BrNO/c1-4-20(6-5-19)15(21)10-18-9-14-7-16(2,12-18)11-17(3,8-14)13-18/h14H,4-13H2,1-3H3. The minimum atomic E-state index is 0.319. The van der Waals surface area contributed by atoms with E-state index in [0.29, 0.717) is 22.2 Å². The highest BCUT2D eigenvalue weighted by atomic mass is 79.9. The molecule has 0 saturated heterocycles. The molecule has 4 aliphatic rings. The number of rotatable bonds is 5. The van der Waals surface area contributed by atoms with E-state index < -0.39 is 0 Å². The van der Waals surface area contributed by atoms with Crippen LogP contribution in [0, 0.1) is 22.2 Å². The van der Waals surface area contributed by atoms with E-state index in [1.54, 1.807) is 0 Å². The van der Waals surface area contributed by atoms with E-state index in [1.165, 1.54) is 38.5 Å². The van der Waals surface area contributed by atoms with E-state index in [1.807, 2.05) is 4.90 Å². The Morgan fingerprint density at radius 2 is 1.76 bits per heavy atom. The van der Waals surface area contributed by atoms with Crippen LogP contribution in [-0.2, 0) is 4.79 Å². The van der Waals surface area contributed by atoms with Crippen molar-refractivity contribution in [3.63, 3.8) is 0 Å². The normalized spacial score (nSPS) is 44.1. The minimum Gasteiger partial charge on any atom is -0.342 e. The van der Waals surface area contributed by atoms with Gasteiger partial charge in [0, 0.05) is 24.8 Å². The van der Waals surface area contributed by atoms with Crippen LogP contribution in [0.15, 0.2) is 0 Å². The fourth-order valence-corrected chi connectivity index (χ4v) is 7.30. The van der Waals surface area contributed by atoms with Gasteiger partial charge in [-0.3, -0.25) is 4.79 Å². The Balaban J connectivity index is 1.77. The van der Waals surface area contributed by atoms with Crippen molar-refractivity contribution in [2.75, 3.05) is 18.4 Å². The van der Waals surface area contributed by atoms with E-state index in [0.717, 1.165) is 30.8 Å². The summed E-state index contributed by atoms with van der Waals surface area (Å²) < 4.78 is 0. The van der Waals surface area contributed by atoms with E-state index in [-0.39, 0.29) is 0 Å². The average Bonchev–Trinajstić information content (AvgIpc) is 2.30. The lowest BCUT2D eigenvalue weighted by Crippen LogP contribution is -2.56. The summed E-state index contributed by atoms with van der Waals surface area (Å²) in [6.07, 6.45) is 8.93. The van der Waals surface area contributed by atoms with E-state index >= 15 is 0 Å². The van der Waals surface area contributed by atoms with Crippen molar-refractivity contribution in [2.24, 2.45) is 22.2 Å². The molecule has 4 saturated carbocycles. The number of amides is 1. The molecule has 0 aromatic heterocycles. The van der Waals surface area contributed by atoms with Gasteiger partial charge in [0.15, 0.2) is 0 Å². The lowest BCUT2D eigenvalue weighted by molar-refractivity contribution is -0.160. The zero-order valence-corrected chi connectivity index (χ0v) is 15.5. The van der Waals surface area contributed by atoms with Gasteiger partial charge in [0.1, 0.15) is 0 Å². The van der Waals surface area contributed by atoms with Gasteiger partial charge in [0.05, 0.1) is 0 Å². The van der Waals surface area contributed by atoms with Gasteiger partial charge in [-0.2, -0.15) is 0 Å². The van der Waals surface area contributed by atoms with Gasteiger partial charge in [0.25, 0.3) is 0 Å². The Morgan fingerprint density at radius 1 is 1.14 bits per heavy atom. The maximum absolute atomic E-state index is 12.8. The molecule has 0 spiro atoms. The second-order valence-corrected chi connectivity index (χ2v) is 9.76. The van der Waals surface area contributed by atoms with Gasteiger partial charge in [-0.25, -0.2) is 0 Å². The summed E-state index contributed by atoms with van der Waals surface area (Å²) in [4.78, 5) is 14.8. The molecule has 4 bridgehead atoms. The van der Waals surface area contributed by atoms with Crippen LogP contribution < -0.4 is 0 Å². The number of carbonyl (C=O) groups excluding carboxylic acids is 1. The molecule has 0 aromatic rings. The van der Waals surface area contributed by atoms with Gasteiger partial charge in [-0.15, -0.1) is 0 Å². The number of hydrogen-bond donors (Lipinski definition) is 0. The maximum Gasteiger partial charge on any atom is 0.223 e. The summed E-state index contributed by atoms with van der Waals surface area (Å²) in [6, 6.07) is 0. The van der Waals surface area contributed by atoms with Crippen molar-refractivity contribution in [1.29, 1.82) is 0 Å². The molecule has 21 heavy (non-hydrogen) atoms. The SMILES string of the molecule is CCN(CCBr)C(=O)CC12CC3CC(C)(CC(C)(C3)C1)C2. The second kappa shape index (κ2) is 5.25. The molecule has 1 amide bonds. The number of alkyl halides is 1. The van der Waals surface area contributed by atoms with Crippen molar-refractivity contribution in [1.82, 2.24) is 4.90 Å². The van der Waals surface area contributed by atoms with Gasteiger partial charge in [-0.1, -0.05) is 29.8 Å². The third kappa shape index (κ3) is 2.92. The van der Waals surface area contributed by atoms with Gasteiger partial charge >= 0.3 is 0 Å². The highest BCUT2D eigenvalue weighted by molar-refractivity contribution is 9.09. The van der Waals surface area contributed by atoms with Crippen molar-refractivity contribution in [2.45, 2.75) is 65.7 Å². The predicted molar refractivity (Wildman–Crippen MR) is 90.5 cm³/mol. The first-order valence-electron chi connectivity index (χ1n) is 8.65. The van der Waals surface area contributed by atoms with Crippen LogP contribution >= 0.6 is 15.9 Å². The molecule has 3 heteroatoms. The van der Waals surface area contributed by atoms with Crippen LogP contribution in [0.2, 0.25) is 0 Å². The number of hydrogen-bond acceptors (Lipinski definition) is 1. The first-order chi connectivity index (χ1) is 9.81. The molecule has 4 fully saturated rings. The molecule has 0 heterocycles. The summed E-state index contributed by atoms with van der Waals surface area (Å²) in [6.45, 7) is 8.78. The predicted octanol–water partition coefficient (Wildman–Crippen LogP) is 4.62. The molecule has 4 rings (SSSR count). The molecule has 120 valence electrons. The molecule has 2 nitrogen and oxygen atoms in total. The Morgan fingerprint density at radius 3 is 2.24 bits per heavy atom. The zero-order valence-electron chi connectivity index (χ0n) is 13.9. The molecule has 4 aliphatic carbocycles. The van der Waals surface area contributed by atoms with Crippen molar-refractivity contribution < 1.29 is 4.79 Å². The van der Waals surface area contributed by atoms with E-state index in [9.17, 15) is 4.79 Å². The molecule has 0 aliphatic heterocycles. The third-order valence-electron chi connectivity index (χ3n) is 6.36. The fourth-order valence-electron chi connectivity index (χ4n) is 6.88. The Labute approximate surface area is 138 Å². The molecule has 0 aromatic carbocycles. The van der Waals surface area contributed by atoms with Crippen LogP contribution in [0.1, 0.15) is 65.7 Å². The zero-order chi connectivity index (χ0) is 15.3. The largest absolute Gasteiger partial charge is 0.342 e. The minimum absolute atomic E-state index is 0.319. The third-order valence-corrected chi connectivity index (χ3v) is 6.71. The molecule has 2 atom stereocenters. The number of nitrogens with zero attached hydrogens (tertiary/aromatic N) is 1. The van der Waals surface area contributed by atoms with Crippen molar-refractivity contribution >= 4 is 21.8 Å². The highest BCUT2D eigenvalue weighted by Gasteiger charge is 2.60. The quantitative estimate of drug-likeness (QED) is 0.659. The Hall–Kier alpha value is -0.0500. The van der Waals surface area contributed by atoms with E-state index in [2.05, 4.69) is 36.7 Å². The molecular formula is C18H30BrNO. The van der Waals surface area contributed by atoms with Gasteiger partial charge in [0.2, 0.25) is 5.91 Å². The lowest BCUT2D eigenvalue weighted by atomic mass is 9.40. The molecule has 2 unspecified atom stereocenters. The summed E-state index contributed by atoms with van der Waals surface area (Å²) in [5, 5.41) is 0.887. The maximum atomic E-state index is 12.8. The average molecular weight is 356 g/mol. The Bertz CT molecular complexity index is 417. The van der Waals surface area contributed by atoms with Crippen LogP contribution in [0.4, 0.5) is 0 Å². The number of carbonyl (C=O) groups is 1. The highest BCUT2D eigenvalue weighted by Crippen LogP contribution is 2.70. The Kier molecular flexibility index (Phi) is 3.96. The van der Waals surface area contributed by atoms with Gasteiger partial charge in [-0.05, 0) is 67.6 Å². The lowest BCUT2D eigenvalue weighted by Gasteiger charge is -2.65. The van der Waals surface area contributed by atoms with Crippen LogP contribution in [0.25, 0.3) is 0 Å². The van der Waals surface area contributed by atoms with Crippen LogP contribution in [0.5, 0.6) is 0 Å². The first-order valence-corrected chi connectivity index (χ1v) is 9.77. The molecule has 0 N–H and O–H groups in total. The van der Waals surface area contributed by atoms with E-state index in [4.69, 9.17) is 0 Å². The van der Waals surface area contributed by atoms with Crippen molar-refractivity contribution in [3.05, 3.63) is 0 Å². The number of halogens is 1. The monoisotopic (exact) mass is 355 g/mol. The smallest absolute Gasteiger partial charge is 0.223 e.